The number of carbonyl (C=O) groups excluding carboxylic acids is 1. The van der Waals surface area contributed by atoms with E-state index in [0.717, 1.165) is 55.3 Å². The third kappa shape index (κ3) is 3.47. The van der Waals surface area contributed by atoms with Crippen molar-refractivity contribution in [2.24, 2.45) is 13.0 Å². The molecule has 0 atom stereocenters. The number of likely N-dealkylation sites (tertiary alicyclic amines) is 1. The third-order valence-corrected chi connectivity index (χ3v) is 4.93. The van der Waals surface area contributed by atoms with Crippen molar-refractivity contribution >= 4 is 5.91 Å². The maximum atomic E-state index is 11.8. The fraction of sp³-hybridized carbons (Fsp3) is 0.556. The first-order valence-corrected chi connectivity index (χ1v) is 8.66. The Balaban J connectivity index is 1.66. The number of rotatable bonds is 4. The van der Waals surface area contributed by atoms with Crippen LogP contribution in [0, 0.1) is 12.8 Å². The second-order valence-electron chi connectivity index (χ2n) is 6.53. The average molecular weight is 327 g/mol. The molecule has 1 saturated heterocycles. The second kappa shape index (κ2) is 7.11. The summed E-state index contributed by atoms with van der Waals surface area (Å²) in [7, 11) is 1.99. The zero-order valence-corrected chi connectivity index (χ0v) is 14.7. The minimum Gasteiger partial charge on any atom is -0.343 e. The lowest BCUT2D eigenvalue weighted by molar-refractivity contribution is -0.132. The normalized spacial score (nSPS) is 15.7. The highest BCUT2D eigenvalue weighted by Crippen LogP contribution is 2.23. The van der Waals surface area contributed by atoms with Crippen molar-refractivity contribution in [3.63, 3.8) is 0 Å². The van der Waals surface area contributed by atoms with Crippen LogP contribution in [0.15, 0.2) is 18.6 Å². The highest BCUT2D eigenvalue weighted by Gasteiger charge is 2.22. The Morgan fingerprint density at radius 2 is 2.00 bits per heavy atom. The molecule has 0 aliphatic carbocycles. The molecule has 1 amide bonds. The van der Waals surface area contributed by atoms with Crippen molar-refractivity contribution in [2.75, 3.05) is 13.1 Å². The lowest BCUT2D eigenvalue weighted by Crippen LogP contribution is -2.38. The van der Waals surface area contributed by atoms with E-state index in [1.165, 1.54) is 0 Å². The van der Waals surface area contributed by atoms with Crippen LogP contribution in [0.25, 0.3) is 11.4 Å². The molecule has 0 radical (unpaired) electrons. The minimum atomic E-state index is 0.266. The number of carbonyl (C=O) groups is 1. The van der Waals surface area contributed by atoms with E-state index in [4.69, 9.17) is 4.98 Å². The molecule has 3 rings (SSSR count). The fourth-order valence-corrected chi connectivity index (χ4v) is 3.27. The predicted octanol–water partition coefficient (Wildman–Crippen LogP) is 2.38. The van der Waals surface area contributed by atoms with Gasteiger partial charge in [0.2, 0.25) is 5.91 Å². The van der Waals surface area contributed by atoms with Crippen LogP contribution in [0.5, 0.6) is 0 Å². The van der Waals surface area contributed by atoms with Gasteiger partial charge in [-0.05, 0) is 32.1 Å². The molecular weight excluding hydrogens is 302 g/mol. The summed E-state index contributed by atoms with van der Waals surface area (Å²) in [5, 5.41) is 0. The first kappa shape index (κ1) is 16.6. The molecule has 3 heterocycles. The van der Waals surface area contributed by atoms with Gasteiger partial charge in [-0.3, -0.25) is 9.78 Å². The molecule has 1 aliphatic rings. The molecule has 0 unspecified atom stereocenters. The second-order valence-corrected chi connectivity index (χ2v) is 6.53. The van der Waals surface area contributed by atoms with E-state index >= 15 is 0 Å². The number of nitrogens with zero attached hydrogens (tertiary/aromatic N) is 5. The molecule has 1 fully saturated rings. The lowest BCUT2D eigenvalue weighted by atomic mass is 9.92. The number of hydrogen-bond donors (Lipinski definition) is 0. The van der Waals surface area contributed by atoms with Gasteiger partial charge in [0, 0.05) is 32.8 Å². The van der Waals surface area contributed by atoms with Crippen molar-refractivity contribution in [3.8, 4) is 11.4 Å². The molecular formula is C18H25N5O. The van der Waals surface area contributed by atoms with Crippen molar-refractivity contribution in [1.82, 2.24) is 24.4 Å². The first-order chi connectivity index (χ1) is 11.6. The molecule has 128 valence electrons. The summed E-state index contributed by atoms with van der Waals surface area (Å²) in [6.07, 6.45) is 9.11. The van der Waals surface area contributed by atoms with Crippen LogP contribution in [0.4, 0.5) is 0 Å². The number of hydrogen-bond acceptors (Lipinski definition) is 4. The molecule has 24 heavy (non-hydrogen) atoms. The molecule has 1 aliphatic heterocycles. The summed E-state index contributed by atoms with van der Waals surface area (Å²) in [6, 6.07) is 0. The Bertz CT molecular complexity index is 716. The number of piperidine rings is 1. The molecule has 2 aromatic heterocycles. The van der Waals surface area contributed by atoms with Gasteiger partial charge >= 0.3 is 0 Å². The molecule has 6 nitrogen and oxygen atoms in total. The number of aryl methyl sites for hydroxylation is 1. The Morgan fingerprint density at radius 1 is 1.25 bits per heavy atom. The zero-order valence-electron chi connectivity index (χ0n) is 14.7. The standard InChI is InChI=1S/C18H25N5O/c1-4-18(24)23-7-5-14(6-8-23)9-15-10-19-11-16(21-15)17-12-20-13(2)22(17)3/h10-12,14H,4-9H2,1-3H3. The Kier molecular flexibility index (Phi) is 4.92. The van der Waals surface area contributed by atoms with Gasteiger partial charge in [-0.1, -0.05) is 6.92 Å². The summed E-state index contributed by atoms with van der Waals surface area (Å²) < 4.78 is 2.03. The number of imidazole rings is 1. The maximum absolute atomic E-state index is 11.8. The van der Waals surface area contributed by atoms with Gasteiger partial charge in [-0.2, -0.15) is 0 Å². The van der Waals surface area contributed by atoms with Crippen molar-refractivity contribution in [3.05, 3.63) is 30.1 Å². The summed E-state index contributed by atoms with van der Waals surface area (Å²) >= 11 is 0. The largest absolute Gasteiger partial charge is 0.343 e. The topological polar surface area (TPSA) is 63.9 Å². The van der Waals surface area contributed by atoms with Gasteiger partial charge in [0.15, 0.2) is 0 Å². The summed E-state index contributed by atoms with van der Waals surface area (Å²) in [5.74, 6) is 1.80. The van der Waals surface area contributed by atoms with Gasteiger partial charge in [-0.15, -0.1) is 0 Å². The molecule has 0 N–H and O–H groups in total. The molecule has 0 saturated carbocycles. The van der Waals surface area contributed by atoms with E-state index in [1.807, 2.05) is 42.8 Å². The van der Waals surface area contributed by atoms with Crippen LogP contribution in [0.1, 0.15) is 37.7 Å². The van der Waals surface area contributed by atoms with Crippen molar-refractivity contribution in [1.29, 1.82) is 0 Å². The van der Waals surface area contributed by atoms with E-state index in [1.54, 1.807) is 6.20 Å². The van der Waals surface area contributed by atoms with Crippen LogP contribution in [0.2, 0.25) is 0 Å². The number of amides is 1. The molecule has 6 heteroatoms. The van der Waals surface area contributed by atoms with Gasteiger partial charge in [0.05, 0.1) is 23.8 Å². The Labute approximate surface area is 142 Å². The molecule has 0 spiro atoms. The first-order valence-electron chi connectivity index (χ1n) is 8.66. The van der Waals surface area contributed by atoms with E-state index in [-0.39, 0.29) is 5.91 Å². The molecule has 0 bridgehead atoms. The predicted molar refractivity (Wildman–Crippen MR) is 92.3 cm³/mol. The van der Waals surface area contributed by atoms with Crippen LogP contribution in [0.3, 0.4) is 0 Å². The van der Waals surface area contributed by atoms with E-state index in [0.29, 0.717) is 12.3 Å². The van der Waals surface area contributed by atoms with Gasteiger partial charge in [0.25, 0.3) is 0 Å². The van der Waals surface area contributed by atoms with E-state index in [9.17, 15) is 4.79 Å². The quantitative estimate of drug-likeness (QED) is 0.865. The smallest absolute Gasteiger partial charge is 0.222 e. The van der Waals surface area contributed by atoms with Crippen molar-refractivity contribution in [2.45, 2.75) is 39.5 Å². The highest BCUT2D eigenvalue weighted by atomic mass is 16.2. The van der Waals surface area contributed by atoms with Gasteiger partial charge < -0.3 is 9.47 Å². The minimum absolute atomic E-state index is 0.266. The Morgan fingerprint density at radius 3 is 2.62 bits per heavy atom. The van der Waals surface area contributed by atoms with Crippen molar-refractivity contribution < 1.29 is 4.79 Å². The zero-order chi connectivity index (χ0) is 17.1. The maximum Gasteiger partial charge on any atom is 0.222 e. The summed E-state index contributed by atoms with van der Waals surface area (Å²) in [4.78, 5) is 27.2. The van der Waals surface area contributed by atoms with Crippen LogP contribution in [-0.4, -0.2) is 43.4 Å². The third-order valence-electron chi connectivity index (χ3n) is 4.93. The summed E-state index contributed by atoms with van der Waals surface area (Å²) in [6.45, 7) is 5.64. The fourth-order valence-electron chi connectivity index (χ4n) is 3.27. The molecule has 2 aromatic rings. The molecule has 0 aromatic carbocycles. The SMILES string of the molecule is CCC(=O)N1CCC(Cc2cncc(-c3cnc(C)n3C)n2)CC1. The van der Waals surface area contributed by atoms with E-state index in [2.05, 4.69) is 9.97 Å². The monoisotopic (exact) mass is 327 g/mol. The average Bonchev–Trinajstić information content (AvgIpc) is 2.94. The highest BCUT2D eigenvalue weighted by molar-refractivity contribution is 5.75. The summed E-state index contributed by atoms with van der Waals surface area (Å²) in [5.41, 5.74) is 2.88. The van der Waals surface area contributed by atoms with Crippen LogP contribution >= 0.6 is 0 Å². The van der Waals surface area contributed by atoms with Crippen LogP contribution < -0.4 is 0 Å². The number of aromatic nitrogens is 4. The van der Waals surface area contributed by atoms with Crippen LogP contribution in [-0.2, 0) is 18.3 Å². The van der Waals surface area contributed by atoms with Gasteiger partial charge in [-0.25, -0.2) is 9.97 Å². The van der Waals surface area contributed by atoms with E-state index < -0.39 is 0 Å². The lowest BCUT2D eigenvalue weighted by Gasteiger charge is -2.31. The Hall–Kier alpha value is -2.24. The van der Waals surface area contributed by atoms with Gasteiger partial charge in [0.1, 0.15) is 11.5 Å².